The number of carbonyl (C=O) groups excluding carboxylic acids is 1. The van der Waals surface area contributed by atoms with Crippen LogP contribution in [0.1, 0.15) is 34.2 Å². The van der Waals surface area contributed by atoms with Crippen molar-refractivity contribution in [3.63, 3.8) is 0 Å². The van der Waals surface area contributed by atoms with E-state index in [2.05, 4.69) is 20.3 Å². The molecule has 0 aliphatic carbocycles. The highest BCUT2D eigenvalue weighted by Gasteiger charge is 2.12. The van der Waals surface area contributed by atoms with Crippen molar-refractivity contribution in [2.75, 3.05) is 11.9 Å². The minimum atomic E-state index is -0.414. The van der Waals surface area contributed by atoms with E-state index in [0.29, 0.717) is 35.5 Å². The van der Waals surface area contributed by atoms with Gasteiger partial charge in [0.25, 0.3) is 0 Å². The summed E-state index contributed by atoms with van der Waals surface area (Å²) in [4.78, 5) is 24.2. The van der Waals surface area contributed by atoms with Crippen LogP contribution in [-0.2, 0) is 11.3 Å². The Morgan fingerprint density at radius 1 is 1.32 bits per heavy atom. The summed E-state index contributed by atoms with van der Waals surface area (Å²) in [6, 6.07) is 3.71. The lowest BCUT2D eigenvalue weighted by Gasteiger charge is -2.09. The van der Waals surface area contributed by atoms with Crippen molar-refractivity contribution in [1.82, 2.24) is 15.0 Å². The first kappa shape index (κ1) is 16.2. The van der Waals surface area contributed by atoms with Crippen molar-refractivity contribution in [3.8, 4) is 0 Å². The van der Waals surface area contributed by atoms with Gasteiger partial charge in [-0.05, 0) is 38.5 Å². The molecule has 2 aromatic rings. The molecule has 0 radical (unpaired) electrons. The first-order chi connectivity index (χ1) is 10.5. The largest absolute Gasteiger partial charge is 0.462 e. The van der Waals surface area contributed by atoms with Gasteiger partial charge in [0.1, 0.15) is 5.15 Å². The molecule has 0 saturated heterocycles. The van der Waals surface area contributed by atoms with Gasteiger partial charge in [-0.1, -0.05) is 11.6 Å². The van der Waals surface area contributed by atoms with Crippen LogP contribution in [-0.4, -0.2) is 27.5 Å². The Labute approximate surface area is 133 Å². The first-order valence-electron chi connectivity index (χ1n) is 6.87. The molecule has 0 aromatic carbocycles. The van der Waals surface area contributed by atoms with Gasteiger partial charge in [-0.3, -0.25) is 0 Å². The number of nitrogens with one attached hydrogen (secondary N) is 1. The molecule has 2 aromatic heterocycles. The fraction of sp³-hybridized carbons (Fsp3) is 0.333. The maximum absolute atomic E-state index is 11.7. The zero-order valence-electron chi connectivity index (χ0n) is 12.7. The van der Waals surface area contributed by atoms with Gasteiger partial charge in [-0.25, -0.2) is 19.7 Å². The summed E-state index contributed by atoms with van der Waals surface area (Å²) in [7, 11) is 0. The highest BCUT2D eigenvalue weighted by Crippen LogP contribution is 2.13. The molecule has 6 nitrogen and oxygen atoms in total. The maximum Gasteiger partial charge on any atom is 0.341 e. The van der Waals surface area contributed by atoms with Crippen LogP contribution < -0.4 is 5.32 Å². The van der Waals surface area contributed by atoms with Crippen LogP contribution in [0.4, 0.5) is 5.95 Å². The Morgan fingerprint density at radius 3 is 2.73 bits per heavy atom. The van der Waals surface area contributed by atoms with Gasteiger partial charge in [0.05, 0.1) is 17.9 Å². The molecule has 0 unspecified atom stereocenters. The van der Waals surface area contributed by atoms with Gasteiger partial charge >= 0.3 is 5.97 Å². The third-order valence-electron chi connectivity index (χ3n) is 2.91. The van der Waals surface area contributed by atoms with E-state index >= 15 is 0 Å². The van der Waals surface area contributed by atoms with Crippen molar-refractivity contribution in [2.24, 2.45) is 0 Å². The lowest BCUT2D eigenvalue weighted by molar-refractivity contribution is 0.0524. The molecule has 0 spiro atoms. The first-order valence-corrected chi connectivity index (χ1v) is 7.25. The number of nitrogens with zero attached hydrogens (tertiary/aromatic N) is 3. The number of hydrogen-bond donors (Lipinski definition) is 1. The lowest BCUT2D eigenvalue weighted by atomic mass is 10.2. The Kier molecular flexibility index (Phi) is 5.27. The smallest absolute Gasteiger partial charge is 0.341 e. The van der Waals surface area contributed by atoms with E-state index in [9.17, 15) is 4.79 Å². The molecule has 1 N–H and O–H groups in total. The highest BCUT2D eigenvalue weighted by molar-refractivity contribution is 6.29. The van der Waals surface area contributed by atoms with Crippen LogP contribution in [0.2, 0.25) is 5.15 Å². The number of ether oxygens (including phenoxy) is 1. The molecule has 7 heteroatoms. The van der Waals surface area contributed by atoms with Crippen LogP contribution in [0.3, 0.4) is 0 Å². The molecular weight excluding hydrogens is 304 g/mol. The predicted octanol–water partition coefficient (Wildman–Crippen LogP) is 2.93. The number of hydrogen-bond acceptors (Lipinski definition) is 6. The number of aromatic nitrogens is 3. The lowest BCUT2D eigenvalue weighted by Crippen LogP contribution is -2.11. The summed E-state index contributed by atoms with van der Waals surface area (Å²) in [6.45, 7) is 6.21. The Hall–Kier alpha value is -2.21. The van der Waals surface area contributed by atoms with E-state index in [-0.39, 0.29) is 0 Å². The Bertz CT molecular complexity index is 671. The third kappa shape index (κ3) is 4.14. The number of esters is 1. The van der Waals surface area contributed by atoms with E-state index in [0.717, 1.165) is 11.3 Å². The number of halogens is 1. The van der Waals surface area contributed by atoms with Gasteiger partial charge in [-0.15, -0.1) is 0 Å². The van der Waals surface area contributed by atoms with Crippen molar-refractivity contribution >= 4 is 23.5 Å². The van der Waals surface area contributed by atoms with Crippen LogP contribution in [0.5, 0.6) is 0 Å². The van der Waals surface area contributed by atoms with E-state index in [1.165, 1.54) is 6.20 Å². The van der Waals surface area contributed by atoms with Crippen LogP contribution in [0, 0.1) is 13.8 Å². The van der Waals surface area contributed by atoms with Gasteiger partial charge < -0.3 is 10.1 Å². The summed E-state index contributed by atoms with van der Waals surface area (Å²) < 4.78 is 4.94. The van der Waals surface area contributed by atoms with Crippen molar-refractivity contribution < 1.29 is 9.53 Å². The fourth-order valence-corrected chi connectivity index (χ4v) is 2.21. The van der Waals surface area contributed by atoms with Crippen molar-refractivity contribution in [3.05, 3.63) is 46.0 Å². The van der Waals surface area contributed by atoms with E-state index < -0.39 is 5.97 Å². The molecule has 0 atom stereocenters. The molecule has 0 amide bonds. The SMILES string of the molecule is CCOC(=O)c1cnc(NCc2cc(C)nc(Cl)c2)nc1C. The number of pyridine rings is 1. The topological polar surface area (TPSA) is 77.0 Å². The fourth-order valence-electron chi connectivity index (χ4n) is 1.94. The second kappa shape index (κ2) is 7.17. The average molecular weight is 321 g/mol. The average Bonchev–Trinajstić information content (AvgIpc) is 2.44. The molecule has 2 rings (SSSR count). The molecule has 2 heterocycles. The minimum Gasteiger partial charge on any atom is -0.462 e. The normalized spacial score (nSPS) is 10.4. The quantitative estimate of drug-likeness (QED) is 0.674. The molecule has 0 bridgehead atoms. The molecule has 0 aliphatic heterocycles. The molecule has 116 valence electrons. The molecule has 22 heavy (non-hydrogen) atoms. The zero-order valence-corrected chi connectivity index (χ0v) is 13.4. The molecule has 0 fully saturated rings. The predicted molar refractivity (Wildman–Crippen MR) is 84.0 cm³/mol. The van der Waals surface area contributed by atoms with Crippen molar-refractivity contribution in [1.29, 1.82) is 0 Å². The van der Waals surface area contributed by atoms with E-state index in [1.54, 1.807) is 19.9 Å². The Balaban J connectivity index is 2.07. The van der Waals surface area contributed by atoms with Gasteiger partial charge in [-0.2, -0.15) is 0 Å². The number of anilines is 1. The summed E-state index contributed by atoms with van der Waals surface area (Å²) >= 11 is 5.92. The summed E-state index contributed by atoms with van der Waals surface area (Å²) in [5.41, 5.74) is 2.77. The number of carbonyl (C=O) groups is 1. The van der Waals surface area contributed by atoms with Crippen LogP contribution in [0.25, 0.3) is 0 Å². The molecule has 0 saturated carbocycles. The highest BCUT2D eigenvalue weighted by atomic mass is 35.5. The zero-order chi connectivity index (χ0) is 16.1. The standard InChI is InChI=1S/C15H17ClN4O2/c1-4-22-14(21)12-8-18-15(20-10(12)3)17-7-11-5-9(2)19-13(16)6-11/h5-6,8H,4,7H2,1-3H3,(H,17,18,20). The monoisotopic (exact) mass is 320 g/mol. The van der Waals surface area contributed by atoms with Crippen LogP contribution >= 0.6 is 11.6 Å². The molecule has 0 aliphatic rings. The molecular formula is C15H17ClN4O2. The summed E-state index contributed by atoms with van der Waals surface area (Å²) in [5, 5.41) is 3.54. The second-order valence-corrected chi connectivity index (χ2v) is 5.09. The number of aryl methyl sites for hydroxylation is 2. The van der Waals surface area contributed by atoms with Gasteiger partial charge in [0.2, 0.25) is 5.95 Å². The second-order valence-electron chi connectivity index (χ2n) is 4.71. The van der Waals surface area contributed by atoms with E-state index in [1.807, 2.05) is 13.0 Å². The van der Waals surface area contributed by atoms with Crippen molar-refractivity contribution in [2.45, 2.75) is 27.3 Å². The maximum atomic E-state index is 11.7. The summed E-state index contributed by atoms with van der Waals surface area (Å²) in [6.07, 6.45) is 1.47. The van der Waals surface area contributed by atoms with E-state index in [4.69, 9.17) is 16.3 Å². The summed E-state index contributed by atoms with van der Waals surface area (Å²) in [5.74, 6) is 0.0271. The third-order valence-corrected chi connectivity index (χ3v) is 3.10. The van der Waals surface area contributed by atoms with Gasteiger partial charge in [0, 0.05) is 18.4 Å². The van der Waals surface area contributed by atoms with Gasteiger partial charge in [0.15, 0.2) is 0 Å². The Morgan fingerprint density at radius 2 is 2.09 bits per heavy atom. The van der Waals surface area contributed by atoms with Crippen LogP contribution in [0.15, 0.2) is 18.3 Å². The minimum absolute atomic E-state index is 0.320. The number of rotatable bonds is 5.